The van der Waals surface area contributed by atoms with E-state index in [1.807, 2.05) is 63.2 Å². The molecule has 1 atom stereocenters. The van der Waals surface area contributed by atoms with Gasteiger partial charge in [-0.3, -0.25) is 9.59 Å². The van der Waals surface area contributed by atoms with E-state index >= 15 is 0 Å². The van der Waals surface area contributed by atoms with Crippen LogP contribution < -0.4 is 4.74 Å². The van der Waals surface area contributed by atoms with Crippen LogP contribution in [0.1, 0.15) is 50.8 Å². The Balaban J connectivity index is 1.92. The standard InChI is InChI=1S/C27H34ClN3O4/c1-27(2,3)17-25(32)30(13-14-34-4)18-26(33)31-24(21-11-6-7-12-22(21)28)16-23(29-31)19-9-8-10-20(15-19)35-5/h6-12,15,24H,13-14,16-18H2,1-5H3. The Labute approximate surface area is 212 Å². The molecule has 0 aromatic heterocycles. The molecule has 1 aliphatic rings. The second kappa shape index (κ2) is 11.7. The lowest BCUT2D eigenvalue weighted by atomic mass is 9.91. The van der Waals surface area contributed by atoms with Crippen molar-refractivity contribution in [3.05, 3.63) is 64.7 Å². The monoisotopic (exact) mass is 499 g/mol. The van der Waals surface area contributed by atoms with Gasteiger partial charge in [0.25, 0.3) is 5.91 Å². The fourth-order valence-corrected chi connectivity index (χ4v) is 4.26. The molecule has 7 nitrogen and oxygen atoms in total. The van der Waals surface area contributed by atoms with E-state index in [0.29, 0.717) is 36.8 Å². The first kappa shape index (κ1) is 26.7. The number of ether oxygens (including phenoxy) is 2. The predicted octanol–water partition coefficient (Wildman–Crippen LogP) is 4.94. The minimum absolute atomic E-state index is 0.0892. The van der Waals surface area contributed by atoms with Gasteiger partial charge in [-0.15, -0.1) is 0 Å². The first-order chi connectivity index (χ1) is 16.6. The Bertz CT molecular complexity index is 1080. The zero-order valence-corrected chi connectivity index (χ0v) is 21.8. The zero-order chi connectivity index (χ0) is 25.6. The number of methoxy groups -OCH3 is 2. The Morgan fingerprint density at radius 1 is 1.14 bits per heavy atom. The molecule has 0 saturated heterocycles. The number of nitrogens with zero attached hydrogens (tertiary/aromatic N) is 3. The van der Waals surface area contributed by atoms with E-state index in [0.717, 1.165) is 16.8 Å². The van der Waals surface area contributed by atoms with E-state index in [4.69, 9.17) is 26.2 Å². The number of benzene rings is 2. The largest absolute Gasteiger partial charge is 0.497 e. The summed E-state index contributed by atoms with van der Waals surface area (Å²) in [6.07, 6.45) is 0.826. The quantitative estimate of drug-likeness (QED) is 0.490. The van der Waals surface area contributed by atoms with Crippen molar-refractivity contribution in [3.8, 4) is 5.75 Å². The molecule has 0 bridgehead atoms. The van der Waals surface area contributed by atoms with Crippen molar-refractivity contribution in [1.82, 2.24) is 9.91 Å². The average molecular weight is 500 g/mol. The summed E-state index contributed by atoms with van der Waals surface area (Å²) >= 11 is 6.52. The summed E-state index contributed by atoms with van der Waals surface area (Å²) in [5, 5.41) is 6.76. The predicted molar refractivity (Wildman–Crippen MR) is 138 cm³/mol. The average Bonchev–Trinajstić information content (AvgIpc) is 3.26. The van der Waals surface area contributed by atoms with Crippen LogP contribution in [-0.2, 0) is 14.3 Å². The molecule has 0 N–H and O–H groups in total. The Morgan fingerprint density at radius 2 is 1.89 bits per heavy atom. The number of rotatable bonds is 9. The summed E-state index contributed by atoms with van der Waals surface area (Å²) in [6, 6.07) is 14.7. The molecule has 1 heterocycles. The summed E-state index contributed by atoms with van der Waals surface area (Å²) in [5.74, 6) is 0.349. The summed E-state index contributed by atoms with van der Waals surface area (Å²) in [6.45, 7) is 6.58. The van der Waals surface area contributed by atoms with Gasteiger partial charge in [-0.05, 0) is 29.2 Å². The second-order valence-electron chi connectivity index (χ2n) is 9.80. The van der Waals surface area contributed by atoms with E-state index in [-0.39, 0.29) is 29.8 Å². The highest BCUT2D eigenvalue weighted by Crippen LogP contribution is 2.36. The molecule has 2 aromatic carbocycles. The number of amides is 2. The fraction of sp³-hybridized carbons (Fsp3) is 0.444. The fourth-order valence-electron chi connectivity index (χ4n) is 4.00. The van der Waals surface area contributed by atoms with E-state index in [9.17, 15) is 9.59 Å². The van der Waals surface area contributed by atoms with Crippen LogP contribution in [-0.4, -0.2) is 61.4 Å². The van der Waals surface area contributed by atoms with Gasteiger partial charge in [0, 0.05) is 37.1 Å². The molecule has 0 spiro atoms. The summed E-state index contributed by atoms with van der Waals surface area (Å²) in [4.78, 5) is 28.2. The maximum absolute atomic E-state index is 13.6. The summed E-state index contributed by atoms with van der Waals surface area (Å²) in [7, 11) is 3.19. The van der Waals surface area contributed by atoms with E-state index < -0.39 is 0 Å². The molecule has 2 amide bonds. The summed E-state index contributed by atoms with van der Waals surface area (Å²) < 4.78 is 10.5. The van der Waals surface area contributed by atoms with Gasteiger partial charge in [0.1, 0.15) is 12.3 Å². The molecule has 3 rings (SSSR count). The maximum atomic E-state index is 13.6. The number of hydrogen-bond donors (Lipinski definition) is 0. The number of hydrogen-bond acceptors (Lipinski definition) is 5. The van der Waals surface area contributed by atoms with Crippen LogP contribution in [0.4, 0.5) is 0 Å². The molecule has 2 aromatic rings. The topological polar surface area (TPSA) is 71.4 Å². The lowest BCUT2D eigenvalue weighted by Gasteiger charge is -2.29. The first-order valence-electron chi connectivity index (χ1n) is 11.7. The van der Waals surface area contributed by atoms with Crippen molar-refractivity contribution >= 4 is 29.1 Å². The van der Waals surface area contributed by atoms with E-state index in [1.54, 1.807) is 25.2 Å². The molecular weight excluding hydrogens is 466 g/mol. The van der Waals surface area contributed by atoms with Crippen LogP contribution in [0.5, 0.6) is 5.75 Å². The zero-order valence-electron chi connectivity index (χ0n) is 21.1. The highest BCUT2D eigenvalue weighted by Gasteiger charge is 2.35. The van der Waals surface area contributed by atoms with Crippen LogP contribution in [0, 0.1) is 5.41 Å². The van der Waals surface area contributed by atoms with Gasteiger partial charge in [-0.2, -0.15) is 5.10 Å². The number of carbonyl (C=O) groups excluding carboxylic acids is 2. The molecule has 0 radical (unpaired) electrons. The van der Waals surface area contributed by atoms with Crippen LogP contribution in [0.15, 0.2) is 53.6 Å². The van der Waals surface area contributed by atoms with Gasteiger partial charge in [0.05, 0.1) is 25.5 Å². The molecule has 1 aliphatic heterocycles. The van der Waals surface area contributed by atoms with Gasteiger partial charge in [0.15, 0.2) is 0 Å². The van der Waals surface area contributed by atoms with Crippen molar-refractivity contribution < 1.29 is 19.1 Å². The molecular formula is C27H34ClN3O4. The third-order valence-corrected chi connectivity index (χ3v) is 6.10. The SMILES string of the molecule is COCCN(CC(=O)N1N=C(c2cccc(OC)c2)CC1c1ccccc1Cl)C(=O)CC(C)(C)C. The highest BCUT2D eigenvalue weighted by atomic mass is 35.5. The normalized spacial score (nSPS) is 15.7. The van der Waals surface area contributed by atoms with Crippen LogP contribution in [0.25, 0.3) is 0 Å². The van der Waals surface area contributed by atoms with Crippen LogP contribution in [0.2, 0.25) is 5.02 Å². The molecule has 35 heavy (non-hydrogen) atoms. The smallest absolute Gasteiger partial charge is 0.262 e. The molecule has 0 aliphatic carbocycles. The second-order valence-corrected chi connectivity index (χ2v) is 10.2. The van der Waals surface area contributed by atoms with Crippen LogP contribution in [0.3, 0.4) is 0 Å². The van der Waals surface area contributed by atoms with Gasteiger partial charge >= 0.3 is 0 Å². The lowest BCUT2D eigenvalue weighted by Crippen LogP contribution is -2.43. The third-order valence-electron chi connectivity index (χ3n) is 5.76. The molecule has 1 unspecified atom stereocenters. The minimum Gasteiger partial charge on any atom is -0.497 e. The van der Waals surface area contributed by atoms with Gasteiger partial charge in [0.2, 0.25) is 5.91 Å². The van der Waals surface area contributed by atoms with Crippen molar-refractivity contribution in [1.29, 1.82) is 0 Å². The Hall–Kier alpha value is -2.90. The van der Waals surface area contributed by atoms with Gasteiger partial charge < -0.3 is 14.4 Å². The Kier molecular flexibility index (Phi) is 8.92. The van der Waals surface area contributed by atoms with Crippen LogP contribution >= 0.6 is 11.6 Å². The van der Waals surface area contributed by atoms with E-state index in [2.05, 4.69) is 0 Å². The number of carbonyl (C=O) groups is 2. The number of halogens is 1. The van der Waals surface area contributed by atoms with Crippen molar-refractivity contribution in [3.63, 3.8) is 0 Å². The number of hydrazone groups is 1. The molecule has 0 saturated carbocycles. The first-order valence-corrected chi connectivity index (χ1v) is 12.1. The van der Waals surface area contributed by atoms with Crippen molar-refractivity contribution in [2.24, 2.45) is 10.5 Å². The van der Waals surface area contributed by atoms with Gasteiger partial charge in [-0.25, -0.2) is 5.01 Å². The Morgan fingerprint density at radius 3 is 2.54 bits per heavy atom. The van der Waals surface area contributed by atoms with Crippen molar-refractivity contribution in [2.75, 3.05) is 33.9 Å². The lowest BCUT2D eigenvalue weighted by molar-refractivity contribution is -0.143. The summed E-state index contributed by atoms with van der Waals surface area (Å²) in [5.41, 5.74) is 2.24. The highest BCUT2D eigenvalue weighted by molar-refractivity contribution is 6.31. The molecule has 0 fully saturated rings. The minimum atomic E-state index is -0.376. The molecule has 188 valence electrons. The third kappa shape index (κ3) is 7.05. The maximum Gasteiger partial charge on any atom is 0.262 e. The van der Waals surface area contributed by atoms with E-state index in [1.165, 1.54) is 5.01 Å². The van der Waals surface area contributed by atoms with Gasteiger partial charge in [-0.1, -0.05) is 62.7 Å². The van der Waals surface area contributed by atoms with Crippen molar-refractivity contribution in [2.45, 2.75) is 39.7 Å². The molecule has 8 heteroatoms.